The van der Waals surface area contributed by atoms with Crippen LogP contribution in [0.3, 0.4) is 0 Å². The van der Waals surface area contributed by atoms with Crippen molar-refractivity contribution in [3.05, 3.63) is 12.2 Å². The third kappa shape index (κ3) is 14.5. The van der Waals surface area contributed by atoms with Crippen molar-refractivity contribution in [3.8, 4) is 0 Å². The normalized spacial score (nSPS) is 13.2. The Morgan fingerprint density at radius 3 is 1.92 bits per heavy atom. The molecule has 0 saturated heterocycles. The Morgan fingerprint density at radius 1 is 0.958 bits per heavy atom. The van der Waals surface area contributed by atoms with Crippen molar-refractivity contribution in [2.24, 2.45) is 0 Å². The topological polar surface area (TPSA) is 61.8 Å². The maximum Gasteiger partial charge on any atom is 0.422 e. The van der Waals surface area contributed by atoms with Crippen molar-refractivity contribution in [2.45, 2.75) is 51.4 Å². The van der Waals surface area contributed by atoms with Gasteiger partial charge in [0.2, 0.25) is 0 Å². The summed E-state index contributed by atoms with van der Waals surface area (Å²) in [5.74, 6) is -2.05. The molecule has 0 unspecified atom stereocenters. The Labute approximate surface area is 142 Å². The molecule has 140 valence electrons. The van der Waals surface area contributed by atoms with Gasteiger partial charge in [-0.1, -0.05) is 0 Å². The van der Waals surface area contributed by atoms with Crippen molar-refractivity contribution >= 4 is 28.6 Å². The Bertz CT molecular complexity index is 456. The first kappa shape index (κ1) is 22.9. The number of hydrogen-bond donors (Lipinski definition) is 0. The van der Waals surface area contributed by atoms with E-state index < -0.39 is 41.4 Å². The minimum atomic E-state index is -4.60. The highest BCUT2D eigenvalue weighted by atomic mass is 28.4. The van der Waals surface area contributed by atoms with Gasteiger partial charge in [-0.15, -0.1) is 0 Å². The summed E-state index contributed by atoms with van der Waals surface area (Å²) in [6.45, 7) is 9.01. The number of esters is 2. The molecule has 5 nitrogen and oxygen atoms in total. The van der Waals surface area contributed by atoms with Crippen LogP contribution in [0.25, 0.3) is 0 Å². The first-order valence-electron chi connectivity index (χ1n) is 7.49. The van der Waals surface area contributed by atoms with Gasteiger partial charge in [-0.05, 0) is 45.2 Å². The van der Waals surface area contributed by atoms with E-state index in [1.807, 2.05) is 0 Å². The average Bonchev–Trinajstić information content (AvgIpc) is 2.35. The largest absolute Gasteiger partial charge is 0.463 e. The van der Waals surface area contributed by atoms with Gasteiger partial charge in [-0.2, -0.15) is 13.2 Å². The number of halogens is 3. The summed E-state index contributed by atoms with van der Waals surface area (Å²) < 4.78 is 50.4. The summed E-state index contributed by atoms with van der Waals surface area (Å²) in [7, 11) is -3.41. The van der Waals surface area contributed by atoms with E-state index in [2.05, 4.69) is 37.5 Å². The van der Waals surface area contributed by atoms with E-state index in [0.29, 0.717) is 12.5 Å². The summed E-state index contributed by atoms with van der Waals surface area (Å²) in [5.41, 5.74) is 0. The fourth-order valence-electron chi connectivity index (χ4n) is 1.94. The minimum absolute atomic E-state index is 0.159. The number of hydrogen-bond acceptors (Lipinski definition) is 5. The molecule has 0 aromatic carbocycles. The van der Waals surface area contributed by atoms with E-state index in [0.717, 1.165) is 12.1 Å². The Balaban J connectivity index is 4.02. The molecule has 0 bridgehead atoms. The maximum absolute atomic E-state index is 11.8. The van der Waals surface area contributed by atoms with Crippen LogP contribution in [0.2, 0.25) is 38.8 Å². The summed E-state index contributed by atoms with van der Waals surface area (Å²) in [4.78, 5) is 22.3. The highest BCUT2D eigenvalue weighted by molar-refractivity contribution is 6.84. The van der Waals surface area contributed by atoms with E-state index >= 15 is 0 Å². The zero-order valence-corrected chi connectivity index (χ0v) is 16.7. The molecule has 10 heteroatoms. The van der Waals surface area contributed by atoms with Crippen LogP contribution in [0.4, 0.5) is 13.2 Å². The van der Waals surface area contributed by atoms with Crippen LogP contribution in [0.5, 0.6) is 0 Å². The van der Waals surface area contributed by atoms with Crippen LogP contribution in [-0.2, 0) is 23.2 Å². The van der Waals surface area contributed by atoms with Crippen LogP contribution in [0, 0.1) is 0 Å². The van der Waals surface area contributed by atoms with Gasteiger partial charge in [-0.3, -0.25) is 0 Å². The molecule has 0 saturated carbocycles. The van der Waals surface area contributed by atoms with Gasteiger partial charge in [0.05, 0.1) is 6.61 Å². The summed E-state index contributed by atoms with van der Waals surface area (Å²) in [6.07, 6.45) is -2.61. The third-order valence-electron chi connectivity index (χ3n) is 2.48. The highest BCUT2D eigenvalue weighted by Crippen LogP contribution is 2.19. The van der Waals surface area contributed by atoms with Crippen molar-refractivity contribution < 1.29 is 36.3 Å². The monoisotopic (exact) mass is 386 g/mol. The number of alkyl halides is 3. The minimum Gasteiger partial charge on any atom is -0.463 e. The maximum atomic E-state index is 11.8. The summed E-state index contributed by atoms with van der Waals surface area (Å²) >= 11 is 0. The Morgan fingerprint density at radius 2 is 1.46 bits per heavy atom. The first-order valence-corrected chi connectivity index (χ1v) is 14.0. The zero-order valence-electron chi connectivity index (χ0n) is 14.7. The van der Waals surface area contributed by atoms with Crippen LogP contribution >= 0.6 is 0 Å². The molecule has 0 atom stereocenters. The second kappa shape index (κ2) is 9.37. The second-order valence-electron chi connectivity index (χ2n) is 6.80. The molecule has 0 spiro atoms. The van der Waals surface area contributed by atoms with Gasteiger partial charge in [0.1, 0.15) is 0 Å². The van der Waals surface area contributed by atoms with E-state index in [-0.39, 0.29) is 6.61 Å². The molecule has 0 N–H and O–H groups in total. The standard InChI is InChI=1S/C14H25F3O5Si2/c1-23(2,3)22-24(4,5)10-6-9-20-12(18)7-8-13(19)21-11-14(15,16)17/h7-8H,6,9-11H2,1-5H3. The van der Waals surface area contributed by atoms with Crippen molar-refractivity contribution in [3.63, 3.8) is 0 Å². The van der Waals surface area contributed by atoms with Crippen LogP contribution in [0.15, 0.2) is 12.2 Å². The summed E-state index contributed by atoms with van der Waals surface area (Å²) in [6, 6.07) is 0.821. The van der Waals surface area contributed by atoms with E-state index in [9.17, 15) is 22.8 Å². The lowest BCUT2D eigenvalue weighted by Gasteiger charge is -2.31. The Hall–Kier alpha value is -1.14. The lowest BCUT2D eigenvalue weighted by Crippen LogP contribution is -2.42. The molecular formula is C14H25F3O5Si2. The third-order valence-corrected chi connectivity index (χ3v) is 8.70. The van der Waals surface area contributed by atoms with E-state index in [1.165, 1.54) is 0 Å². The van der Waals surface area contributed by atoms with Gasteiger partial charge in [0, 0.05) is 12.2 Å². The molecule has 0 aliphatic carbocycles. The molecule has 24 heavy (non-hydrogen) atoms. The SMILES string of the molecule is C[Si](C)(C)O[Si](C)(C)CCCOC(=O)C=CC(=O)OCC(F)(F)F. The van der Waals surface area contributed by atoms with E-state index in [1.54, 1.807) is 0 Å². The lowest BCUT2D eigenvalue weighted by molar-refractivity contribution is -0.182. The molecule has 0 amide bonds. The van der Waals surface area contributed by atoms with Crippen LogP contribution in [-0.4, -0.2) is 48.0 Å². The van der Waals surface area contributed by atoms with Gasteiger partial charge in [0.25, 0.3) is 0 Å². The van der Waals surface area contributed by atoms with Gasteiger partial charge in [-0.25, -0.2) is 9.59 Å². The van der Waals surface area contributed by atoms with E-state index in [4.69, 9.17) is 8.85 Å². The van der Waals surface area contributed by atoms with Gasteiger partial charge in [0.15, 0.2) is 23.2 Å². The molecule has 0 rings (SSSR count). The number of rotatable bonds is 9. The molecular weight excluding hydrogens is 361 g/mol. The van der Waals surface area contributed by atoms with Crippen molar-refractivity contribution in [1.29, 1.82) is 0 Å². The predicted molar refractivity (Wildman–Crippen MR) is 88.5 cm³/mol. The first-order chi connectivity index (χ1) is 10.7. The van der Waals surface area contributed by atoms with Crippen molar-refractivity contribution in [1.82, 2.24) is 0 Å². The number of carbonyl (C=O) groups is 2. The van der Waals surface area contributed by atoms with Gasteiger partial charge < -0.3 is 13.6 Å². The zero-order chi connectivity index (χ0) is 19.0. The average molecular weight is 387 g/mol. The molecule has 0 aliphatic rings. The lowest BCUT2D eigenvalue weighted by atomic mass is 10.5. The summed E-state index contributed by atoms with van der Waals surface area (Å²) in [5, 5.41) is 0. The molecule has 0 aromatic rings. The predicted octanol–water partition coefficient (Wildman–Crippen LogP) is 3.64. The van der Waals surface area contributed by atoms with Crippen LogP contribution < -0.4 is 0 Å². The molecule has 0 aliphatic heterocycles. The molecule has 0 aromatic heterocycles. The van der Waals surface area contributed by atoms with Crippen LogP contribution in [0.1, 0.15) is 6.42 Å². The molecule has 0 radical (unpaired) electrons. The fraction of sp³-hybridized carbons (Fsp3) is 0.714. The second-order valence-corrected chi connectivity index (χ2v) is 15.9. The van der Waals surface area contributed by atoms with Crippen molar-refractivity contribution in [2.75, 3.05) is 13.2 Å². The quantitative estimate of drug-likeness (QED) is 0.262. The fourth-order valence-corrected chi connectivity index (χ4v) is 9.97. The molecule has 0 fully saturated rings. The number of ether oxygens (including phenoxy) is 2. The Kier molecular flexibility index (Phi) is 8.93. The number of carbonyl (C=O) groups excluding carboxylic acids is 2. The van der Waals surface area contributed by atoms with Gasteiger partial charge >= 0.3 is 18.1 Å². The highest BCUT2D eigenvalue weighted by Gasteiger charge is 2.29. The molecule has 0 heterocycles. The smallest absolute Gasteiger partial charge is 0.422 e.